The Morgan fingerprint density at radius 2 is 2.00 bits per heavy atom. The van der Waals surface area contributed by atoms with Crippen LogP contribution in [0.25, 0.3) is 20.8 Å². The van der Waals surface area contributed by atoms with Gasteiger partial charge in [0.1, 0.15) is 5.01 Å². The van der Waals surface area contributed by atoms with Crippen molar-refractivity contribution < 1.29 is 9.53 Å². The summed E-state index contributed by atoms with van der Waals surface area (Å²) in [4.78, 5) is 24.0. The normalized spacial score (nSPS) is 14.3. The van der Waals surface area contributed by atoms with E-state index in [1.807, 2.05) is 17.5 Å². The molecule has 0 unspecified atom stereocenters. The summed E-state index contributed by atoms with van der Waals surface area (Å²) in [6.45, 7) is 3.29. The van der Waals surface area contributed by atoms with Crippen LogP contribution in [0.5, 0.6) is 0 Å². The molecule has 0 spiro atoms. The number of para-hydroxylation sites is 1. The summed E-state index contributed by atoms with van der Waals surface area (Å²) in [6, 6.07) is 14.1. The highest BCUT2D eigenvalue weighted by molar-refractivity contribution is 7.21. The summed E-state index contributed by atoms with van der Waals surface area (Å²) in [6.07, 6.45) is 1.67. The number of amides is 1. The number of nitrogens with zero attached hydrogens (tertiary/aromatic N) is 3. The number of carbonyl (C=O) groups excluding carboxylic acids is 1. The lowest BCUT2D eigenvalue weighted by Crippen LogP contribution is -2.36. The molecule has 0 bridgehead atoms. The van der Waals surface area contributed by atoms with Crippen molar-refractivity contribution in [2.24, 2.45) is 0 Å². The van der Waals surface area contributed by atoms with Gasteiger partial charge in [-0.3, -0.25) is 10.1 Å². The van der Waals surface area contributed by atoms with Crippen molar-refractivity contribution in [3.8, 4) is 10.6 Å². The van der Waals surface area contributed by atoms with Crippen LogP contribution in [-0.4, -0.2) is 42.2 Å². The van der Waals surface area contributed by atoms with Crippen molar-refractivity contribution in [2.75, 3.05) is 36.5 Å². The lowest BCUT2D eigenvalue weighted by atomic mass is 10.1. The quantitative estimate of drug-likeness (QED) is 0.524. The first-order valence-corrected chi connectivity index (χ1v) is 11.0. The summed E-state index contributed by atoms with van der Waals surface area (Å²) < 4.78 is 6.44. The van der Waals surface area contributed by atoms with Crippen LogP contribution in [-0.2, 0) is 4.74 Å². The number of morpholine rings is 1. The van der Waals surface area contributed by atoms with Gasteiger partial charge in [0.25, 0.3) is 5.91 Å². The molecule has 2 aromatic carbocycles. The molecule has 0 radical (unpaired) electrons. The van der Waals surface area contributed by atoms with Crippen molar-refractivity contribution >= 4 is 49.6 Å². The van der Waals surface area contributed by atoms with Crippen molar-refractivity contribution in [3.05, 3.63) is 59.6 Å². The molecule has 0 atom stereocenters. The molecule has 146 valence electrons. The highest BCUT2D eigenvalue weighted by Crippen LogP contribution is 2.34. The van der Waals surface area contributed by atoms with E-state index in [0.29, 0.717) is 10.7 Å². The van der Waals surface area contributed by atoms with Gasteiger partial charge < -0.3 is 9.64 Å². The van der Waals surface area contributed by atoms with Crippen LogP contribution in [0.3, 0.4) is 0 Å². The number of anilines is 2. The van der Waals surface area contributed by atoms with Crippen molar-refractivity contribution in [1.82, 2.24) is 9.97 Å². The Morgan fingerprint density at radius 1 is 1.14 bits per heavy atom. The van der Waals surface area contributed by atoms with Gasteiger partial charge in [-0.25, -0.2) is 9.97 Å². The molecule has 6 nitrogen and oxygen atoms in total. The monoisotopic (exact) mass is 422 g/mol. The zero-order chi connectivity index (χ0) is 19.6. The van der Waals surface area contributed by atoms with Crippen LogP contribution in [0.1, 0.15) is 10.4 Å². The molecular formula is C21H18N4O2S2. The lowest BCUT2D eigenvalue weighted by Gasteiger charge is -2.29. The fourth-order valence-corrected chi connectivity index (χ4v) is 4.87. The Kier molecular flexibility index (Phi) is 4.97. The molecule has 4 aromatic rings. The molecule has 8 heteroatoms. The Balaban J connectivity index is 1.48. The molecule has 1 aliphatic rings. The second-order valence-corrected chi connectivity index (χ2v) is 8.54. The molecule has 1 amide bonds. The van der Waals surface area contributed by atoms with E-state index in [-0.39, 0.29) is 5.91 Å². The third kappa shape index (κ3) is 3.74. The second kappa shape index (κ2) is 7.90. The van der Waals surface area contributed by atoms with Gasteiger partial charge in [-0.1, -0.05) is 18.2 Å². The van der Waals surface area contributed by atoms with E-state index in [2.05, 4.69) is 39.5 Å². The van der Waals surface area contributed by atoms with E-state index in [1.54, 1.807) is 23.6 Å². The van der Waals surface area contributed by atoms with Crippen LogP contribution in [0.15, 0.2) is 54.0 Å². The molecule has 0 aliphatic carbocycles. The summed E-state index contributed by atoms with van der Waals surface area (Å²) in [5.41, 5.74) is 3.51. The second-order valence-electron chi connectivity index (χ2n) is 6.61. The van der Waals surface area contributed by atoms with Gasteiger partial charge in [-0.15, -0.1) is 22.7 Å². The number of nitrogens with one attached hydrogen (secondary N) is 1. The number of ether oxygens (including phenoxy) is 1. The molecule has 0 saturated carbocycles. The largest absolute Gasteiger partial charge is 0.378 e. The number of hydrogen-bond acceptors (Lipinski definition) is 7. The number of fused-ring (bicyclic) bond motifs is 1. The van der Waals surface area contributed by atoms with E-state index >= 15 is 0 Å². The van der Waals surface area contributed by atoms with Gasteiger partial charge in [-0.05, 0) is 24.3 Å². The van der Waals surface area contributed by atoms with Gasteiger partial charge in [0, 0.05) is 35.9 Å². The van der Waals surface area contributed by atoms with Crippen LogP contribution in [0, 0.1) is 0 Å². The fourth-order valence-electron chi connectivity index (χ4n) is 3.36. The Bertz CT molecular complexity index is 1150. The minimum atomic E-state index is -0.190. The van der Waals surface area contributed by atoms with Crippen molar-refractivity contribution in [3.63, 3.8) is 0 Å². The first kappa shape index (κ1) is 18.2. The number of benzene rings is 2. The topological polar surface area (TPSA) is 67.4 Å². The molecule has 2 aromatic heterocycles. The SMILES string of the molecule is O=C(Nc1nccs1)c1cccc2sc(-c3cccc(N4CCOCC4)c3)nc12. The van der Waals surface area contributed by atoms with E-state index in [9.17, 15) is 4.79 Å². The van der Waals surface area contributed by atoms with Crippen molar-refractivity contribution in [1.29, 1.82) is 0 Å². The predicted molar refractivity (Wildman–Crippen MR) is 118 cm³/mol. The number of aromatic nitrogens is 2. The maximum absolute atomic E-state index is 12.7. The number of carbonyl (C=O) groups is 1. The standard InChI is InChI=1S/C21H18N4O2S2/c26-19(24-21-22-7-12-28-21)16-5-2-6-17-18(16)23-20(29-17)14-3-1-4-15(13-14)25-8-10-27-11-9-25/h1-7,12-13H,8-11H2,(H,22,24,26). The highest BCUT2D eigenvalue weighted by Gasteiger charge is 2.17. The number of thiazole rings is 2. The molecule has 5 rings (SSSR count). The summed E-state index contributed by atoms with van der Waals surface area (Å²) >= 11 is 2.99. The van der Waals surface area contributed by atoms with Crippen LogP contribution in [0.4, 0.5) is 10.8 Å². The zero-order valence-corrected chi connectivity index (χ0v) is 17.1. The maximum Gasteiger partial charge on any atom is 0.259 e. The number of hydrogen-bond donors (Lipinski definition) is 1. The first-order chi connectivity index (χ1) is 14.3. The third-order valence-electron chi connectivity index (χ3n) is 4.79. The van der Waals surface area contributed by atoms with Crippen LogP contribution in [0.2, 0.25) is 0 Å². The summed E-state index contributed by atoms with van der Waals surface area (Å²) in [5, 5.41) is 6.17. The summed E-state index contributed by atoms with van der Waals surface area (Å²) in [7, 11) is 0. The van der Waals surface area contributed by atoms with E-state index < -0.39 is 0 Å². The van der Waals surface area contributed by atoms with Gasteiger partial charge >= 0.3 is 0 Å². The molecule has 29 heavy (non-hydrogen) atoms. The molecule has 1 fully saturated rings. The van der Waals surface area contributed by atoms with E-state index in [0.717, 1.165) is 47.1 Å². The molecular weight excluding hydrogens is 404 g/mol. The highest BCUT2D eigenvalue weighted by atomic mass is 32.1. The summed E-state index contributed by atoms with van der Waals surface area (Å²) in [5.74, 6) is -0.190. The van der Waals surface area contributed by atoms with E-state index in [1.165, 1.54) is 17.0 Å². The zero-order valence-electron chi connectivity index (χ0n) is 15.5. The Hall–Kier alpha value is -2.81. The minimum Gasteiger partial charge on any atom is -0.378 e. The Morgan fingerprint density at radius 3 is 2.83 bits per heavy atom. The average molecular weight is 423 g/mol. The smallest absolute Gasteiger partial charge is 0.259 e. The van der Waals surface area contributed by atoms with Crippen molar-refractivity contribution in [2.45, 2.75) is 0 Å². The van der Waals surface area contributed by atoms with Gasteiger partial charge in [0.2, 0.25) is 0 Å². The molecule has 1 aliphatic heterocycles. The van der Waals surface area contributed by atoms with Crippen LogP contribution < -0.4 is 10.2 Å². The predicted octanol–water partition coefficient (Wildman–Crippen LogP) is 4.51. The maximum atomic E-state index is 12.7. The average Bonchev–Trinajstić information content (AvgIpc) is 3.44. The van der Waals surface area contributed by atoms with Crippen LogP contribution >= 0.6 is 22.7 Å². The molecule has 3 heterocycles. The fraction of sp³-hybridized carbons (Fsp3) is 0.190. The lowest BCUT2D eigenvalue weighted by molar-refractivity contribution is 0.102. The number of rotatable bonds is 4. The Labute approximate surface area is 175 Å². The van der Waals surface area contributed by atoms with E-state index in [4.69, 9.17) is 9.72 Å². The third-order valence-corrected chi connectivity index (χ3v) is 6.54. The minimum absolute atomic E-state index is 0.190. The van der Waals surface area contributed by atoms with Gasteiger partial charge in [-0.2, -0.15) is 0 Å². The first-order valence-electron chi connectivity index (χ1n) is 9.31. The van der Waals surface area contributed by atoms with Gasteiger partial charge in [0.05, 0.1) is 29.0 Å². The van der Waals surface area contributed by atoms with Gasteiger partial charge in [0.15, 0.2) is 5.13 Å². The molecule has 1 saturated heterocycles. The molecule has 1 N–H and O–H groups in total.